The molecule has 0 spiro atoms. The summed E-state index contributed by atoms with van der Waals surface area (Å²) in [5.74, 6) is -0.508. The molecule has 3 aromatic carbocycles. The van der Waals surface area contributed by atoms with Gasteiger partial charge < -0.3 is 0 Å². The topological polar surface area (TPSA) is 35.5 Å². The maximum absolute atomic E-state index is 12.1. The lowest BCUT2D eigenvalue weighted by Gasteiger charge is -2.13. The molecule has 3 nitrogen and oxygen atoms in total. The van der Waals surface area contributed by atoms with Crippen molar-refractivity contribution in [2.24, 2.45) is 0 Å². The normalized spacial score (nSPS) is 10.3. The quantitative estimate of drug-likeness (QED) is 0.516. The summed E-state index contributed by atoms with van der Waals surface area (Å²) in [7, 11) is 1.32. The smallest absolute Gasteiger partial charge is 0.293 e. The molecule has 23 heavy (non-hydrogen) atoms. The molecule has 0 saturated carbocycles. The van der Waals surface area contributed by atoms with Crippen LogP contribution in [0.1, 0.15) is 10.4 Å². The highest BCUT2D eigenvalue weighted by molar-refractivity contribution is 5.99. The predicted molar refractivity (Wildman–Crippen MR) is 89.7 cm³/mol. The molecule has 0 atom stereocenters. The number of hydrogen-bond donors (Lipinski definition) is 0. The fourth-order valence-corrected chi connectivity index (χ4v) is 2.60. The fraction of sp³-hybridized carbons (Fsp3) is 0.0500. The molecular formula is C20H16O3. The third-order valence-electron chi connectivity index (χ3n) is 3.61. The molecule has 0 fully saturated rings. The number of hydrogen-bond acceptors (Lipinski definition) is 3. The van der Waals surface area contributed by atoms with Crippen molar-refractivity contribution in [3.63, 3.8) is 0 Å². The molecular weight excluding hydrogens is 288 g/mol. The van der Waals surface area contributed by atoms with Gasteiger partial charge in [0.05, 0.1) is 12.7 Å². The van der Waals surface area contributed by atoms with E-state index >= 15 is 0 Å². The van der Waals surface area contributed by atoms with Crippen molar-refractivity contribution in [2.75, 3.05) is 7.11 Å². The Morgan fingerprint density at radius 2 is 1.26 bits per heavy atom. The molecule has 0 bridgehead atoms. The maximum Gasteiger partial charge on any atom is 0.373 e. The average molecular weight is 304 g/mol. The van der Waals surface area contributed by atoms with E-state index in [1.165, 1.54) is 7.11 Å². The average Bonchev–Trinajstić information content (AvgIpc) is 2.63. The van der Waals surface area contributed by atoms with E-state index in [1.54, 1.807) is 12.1 Å². The van der Waals surface area contributed by atoms with E-state index in [0.717, 1.165) is 22.3 Å². The van der Waals surface area contributed by atoms with E-state index in [4.69, 9.17) is 4.89 Å². The molecule has 0 aliphatic heterocycles. The van der Waals surface area contributed by atoms with Crippen molar-refractivity contribution < 1.29 is 14.6 Å². The number of rotatable bonds is 4. The van der Waals surface area contributed by atoms with Crippen molar-refractivity contribution >= 4 is 5.97 Å². The number of carbonyl (C=O) groups excluding carboxylic acids is 1. The van der Waals surface area contributed by atoms with E-state index < -0.39 is 5.97 Å². The van der Waals surface area contributed by atoms with E-state index in [2.05, 4.69) is 17.0 Å². The van der Waals surface area contributed by atoms with Gasteiger partial charge in [-0.1, -0.05) is 72.8 Å². The van der Waals surface area contributed by atoms with Crippen LogP contribution in [0.25, 0.3) is 22.3 Å². The lowest BCUT2D eigenvalue weighted by molar-refractivity contribution is -0.216. The Kier molecular flexibility index (Phi) is 4.50. The van der Waals surface area contributed by atoms with Crippen molar-refractivity contribution in [3.05, 3.63) is 84.4 Å². The Labute approximate surface area is 135 Å². The summed E-state index contributed by atoms with van der Waals surface area (Å²) >= 11 is 0. The zero-order valence-corrected chi connectivity index (χ0v) is 12.7. The van der Waals surface area contributed by atoms with Crippen molar-refractivity contribution in [2.45, 2.75) is 0 Å². The highest BCUT2D eigenvalue weighted by Crippen LogP contribution is 2.34. The number of carbonyl (C=O) groups is 1. The highest BCUT2D eigenvalue weighted by Gasteiger charge is 2.16. The first-order chi connectivity index (χ1) is 11.3. The van der Waals surface area contributed by atoms with Crippen molar-refractivity contribution in [1.82, 2.24) is 0 Å². The number of benzene rings is 3. The van der Waals surface area contributed by atoms with Crippen molar-refractivity contribution in [1.29, 1.82) is 0 Å². The molecule has 3 rings (SSSR count). The largest absolute Gasteiger partial charge is 0.373 e. The van der Waals surface area contributed by atoms with Gasteiger partial charge in [0.1, 0.15) is 0 Å². The minimum absolute atomic E-state index is 0.470. The molecule has 0 saturated heterocycles. The van der Waals surface area contributed by atoms with Gasteiger partial charge in [0, 0.05) is 0 Å². The Morgan fingerprint density at radius 3 is 1.96 bits per heavy atom. The molecule has 0 amide bonds. The Bertz CT molecular complexity index is 810. The van der Waals surface area contributed by atoms with Crippen LogP contribution in [0.2, 0.25) is 0 Å². The third-order valence-corrected chi connectivity index (χ3v) is 3.61. The van der Waals surface area contributed by atoms with E-state index in [1.807, 2.05) is 54.6 Å². The molecule has 114 valence electrons. The monoisotopic (exact) mass is 304 g/mol. The predicted octanol–water partition coefficient (Wildman–Crippen LogP) is 4.74. The summed E-state index contributed by atoms with van der Waals surface area (Å²) in [4.78, 5) is 21.4. The minimum atomic E-state index is -0.508. The molecule has 0 unspecified atom stereocenters. The van der Waals surface area contributed by atoms with Gasteiger partial charge in [-0.2, -0.15) is 4.89 Å². The summed E-state index contributed by atoms with van der Waals surface area (Å²) in [6.07, 6.45) is 0. The second kappa shape index (κ2) is 6.90. The fourth-order valence-electron chi connectivity index (χ4n) is 2.60. The summed E-state index contributed by atoms with van der Waals surface area (Å²) in [5, 5.41) is 0. The van der Waals surface area contributed by atoms with E-state index in [-0.39, 0.29) is 0 Å². The van der Waals surface area contributed by atoms with Gasteiger partial charge in [-0.05, 0) is 28.3 Å². The van der Waals surface area contributed by atoms with Gasteiger partial charge >= 0.3 is 5.97 Å². The molecule has 0 N–H and O–H groups in total. The van der Waals surface area contributed by atoms with Gasteiger partial charge in [-0.15, -0.1) is 0 Å². The summed E-state index contributed by atoms with van der Waals surface area (Å²) < 4.78 is 0. The zero-order valence-electron chi connectivity index (χ0n) is 12.7. The minimum Gasteiger partial charge on any atom is -0.293 e. The van der Waals surface area contributed by atoms with E-state index in [9.17, 15) is 4.79 Å². The van der Waals surface area contributed by atoms with Gasteiger partial charge in [0.15, 0.2) is 0 Å². The first-order valence-corrected chi connectivity index (χ1v) is 7.30. The highest BCUT2D eigenvalue weighted by atomic mass is 17.2. The Morgan fingerprint density at radius 1 is 0.696 bits per heavy atom. The maximum atomic E-state index is 12.1. The van der Waals surface area contributed by atoms with Crippen LogP contribution in [0.3, 0.4) is 0 Å². The Balaban J connectivity index is 2.16. The van der Waals surface area contributed by atoms with Crippen LogP contribution in [0.15, 0.2) is 78.9 Å². The second-order valence-electron chi connectivity index (χ2n) is 4.99. The van der Waals surface area contributed by atoms with Gasteiger partial charge in [0.2, 0.25) is 0 Å². The second-order valence-corrected chi connectivity index (χ2v) is 4.99. The van der Waals surface area contributed by atoms with Crippen LogP contribution in [0.5, 0.6) is 0 Å². The van der Waals surface area contributed by atoms with Crippen LogP contribution in [-0.4, -0.2) is 13.1 Å². The standard InChI is InChI=1S/C20H16O3/c1-22-23-20(21)19-14-8-7-13-18(19)17-12-6-5-11-16(17)15-9-3-2-4-10-15/h2-14H,1H3. The van der Waals surface area contributed by atoms with Crippen molar-refractivity contribution in [3.8, 4) is 22.3 Å². The first-order valence-electron chi connectivity index (χ1n) is 7.30. The molecule has 3 heteroatoms. The molecule has 0 radical (unpaired) electrons. The zero-order chi connectivity index (χ0) is 16.1. The Hall–Kier alpha value is -2.91. The molecule has 0 aliphatic rings. The van der Waals surface area contributed by atoms with Crippen LogP contribution in [0, 0.1) is 0 Å². The van der Waals surface area contributed by atoms with Crippen LogP contribution in [-0.2, 0) is 9.78 Å². The van der Waals surface area contributed by atoms with Crippen LogP contribution in [0.4, 0.5) is 0 Å². The lowest BCUT2D eigenvalue weighted by atomic mass is 9.92. The summed E-state index contributed by atoms with van der Waals surface area (Å²) in [6.45, 7) is 0. The van der Waals surface area contributed by atoms with E-state index in [0.29, 0.717) is 5.56 Å². The lowest BCUT2D eigenvalue weighted by Crippen LogP contribution is -2.06. The summed E-state index contributed by atoms with van der Waals surface area (Å²) in [5.41, 5.74) is 4.41. The molecule has 0 aromatic heterocycles. The molecule has 0 aliphatic carbocycles. The van der Waals surface area contributed by atoms with Crippen LogP contribution < -0.4 is 0 Å². The van der Waals surface area contributed by atoms with Crippen LogP contribution >= 0.6 is 0 Å². The van der Waals surface area contributed by atoms with Gasteiger partial charge in [-0.25, -0.2) is 4.79 Å². The SMILES string of the molecule is COOC(=O)c1ccccc1-c1ccccc1-c1ccccc1. The summed E-state index contributed by atoms with van der Waals surface area (Å²) in [6, 6.07) is 25.4. The van der Waals surface area contributed by atoms with Gasteiger partial charge in [0.25, 0.3) is 0 Å². The van der Waals surface area contributed by atoms with Gasteiger partial charge in [-0.3, -0.25) is 4.89 Å². The third kappa shape index (κ3) is 3.15. The molecule has 0 heterocycles. The molecule has 3 aromatic rings. The first kappa shape index (κ1) is 15.0.